The van der Waals surface area contributed by atoms with Crippen LogP contribution in [0.1, 0.15) is 15.9 Å². The SMILES string of the molecule is Nc1ccc(C(=O)OCc2ccccc2)cc1I. The molecule has 0 saturated carbocycles. The van der Waals surface area contributed by atoms with Gasteiger partial charge in [0.05, 0.1) is 5.56 Å². The largest absolute Gasteiger partial charge is 0.457 e. The third-order valence-electron chi connectivity index (χ3n) is 2.45. The number of hydrogen-bond acceptors (Lipinski definition) is 3. The van der Waals surface area contributed by atoms with E-state index in [-0.39, 0.29) is 12.6 Å². The van der Waals surface area contributed by atoms with E-state index >= 15 is 0 Å². The summed E-state index contributed by atoms with van der Waals surface area (Å²) in [5.74, 6) is -0.336. The van der Waals surface area contributed by atoms with Crippen molar-refractivity contribution in [1.82, 2.24) is 0 Å². The molecule has 3 nitrogen and oxygen atoms in total. The Hall–Kier alpha value is -1.56. The molecular formula is C14H12INO2. The van der Waals surface area contributed by atoms with Gasteiger partial charge in [0.1, 0.15) is 6.61 Å². The Morgan fingerprint density at radius 1 is 1.17 bits per heavy atom. The zero-order valence-electron chi connectivity index (χ0n) is 9.60. The van der Waals surface area contributed by atoms with E-state index in [2.05, 4.69) is 22.6 Å². The second-order valence-corrected chi connectivity index (χ2v) is 4.96. The highest BCUT2D eigenvalue weighted by Crippen LogP contribution is 2.17. The summed E-state index contributed by atoms with van der Waals surface area (Å²) in [6.07, 6.45) is 0. The lowest BCUT2D eigenvalue weighted by Crippen LogP contribution is -2.06. The second kappa shape index (κ2) is 5.86. The van der Waals surface area contributed by atoms with E-state index in [1.54, 1.807) is 18.2 Å². The van der Waals surface area contributed by atoms with Crippen LogP contribution in [0, 0.1) is 3.57 Å². The number of halogens is 1. The van der Waals surface area contributed by atoms with Gasteiger partial charge in [-0.1, -0.05) is 30.3 Å². The number of carbonyl (C=O) groups excluding carboxylic acids is 1. The molecule has 0 aliphatic rings. The number of nitrogen functional groups attached to an aromatic ring is 1. The van der Waals surface area contributed by atoms with Crippen LogP contribution in [0.4, 0.5) is 5.69 Å². The molecule has 0 aliphatic heterocycles. The molecular weight excluding hydrogens is 341 g/mol. The van der Waals surface area contributed by atoms with Crippen LogP contribution in [-0.4, -0.2) is 5.97 Å². The van der Waals surface area contributed by atoms with Crippen molar-refractivity contribution in [2.75, 3.05) is 5.73 Å². The summed E-state index contributed by atoms with van der Waals surface area (Å²) in [7, 11) is 0. The Balaban J connectivity index is 2.02. The first kappa shape index (κ1) is 12.9. The molecule has 0 radical (unpaired) electrons. The highest BCUT2D eigenvalue weighted by atomic mass is 127. The van der Waals surface area contributed by atoms with E-state index in [1.165, 1.54) is 0 Å². The topological polar surface area (TPSA) is 52.3 Å². The fourth-order valence-corrected chi connectivity index (χ4v) is 1.98. The van der Waals surface area contributed by atoms with Crippen LogP contribution in [-0.2, 0) is 11.3 Å². The van der Waals surface area contributed by atoms with Gasteiger partial charge in [-0.05, 0) is 46.4 Å². The van der Waals surface area contributed by atoms with Crippen LogP contribution in [0.3, 0.4) is 0 Å². The van der Waals surface area contributed by atoms with Gasteiger partial charge in [0.2, 0.25) is 0 Å². The van der Waals surface area contributed by atoms with Crippen LogP contribution in [0.25, 0.3) is 0 Å². The van der Waals surface area contributed by atoms with Crippen molar-refractivity contribution in [2.24, 2.45) is 0 Å². The van der Waals surface area contributed by atoms with E-state index in [0.29, 0.717) is 11.3 Å². The number of ether oxygens (including phenoxy) is 1. The van der Waals surface area contributed by atoms with E-state index in [1.807, 2.05) is 30.3 Å². The lowest BCUT2D eigenvalue weighted by Gasteiger charge is -2.06. The Labute approximate surface area is 119 Å². The summed E-state index contributed by atoms with van der Waals surface area (Å²) >= 11 is 2.09. The summed E-state index contributed by atoms with van der Waals surface area (Å²) in [5.41, 5.74) is 7.84. The molecule has 2 aromatic rings. The Kier molecular flexibility index (Phi) is 4.19. The second-order valence-electron chi connectivity index (χ2n) is 3.80. The minimum atomic E-state index is -0.336. The maximum atomic E-state index is 11.8. The smallest absolute Gasteiger partial charge is 0.338 e. The quantitative estimate of drug-likeness (QED) is 0.524. The lowest BCUT2D eigenvalue weighted by molar-refractivity contribution is 0.0472. The Bertz CT molecular complexity index is 555. The van der Waals surface area contributed by atoms with Gasteiger partial charge >= 0.3 is 5.97 Å². The van der Waals surface area contributed by atoms with Crippen molar-refractivity contribution in [1.29, 1.82) is 0 Å². The van der Waals surface area contributed by atoms with Gasteiger partial charge in [0.25, 0.3) is 0 Å². The molecule has 2 aromatic carbocycles. The molecule has 0 unspecified atom stereocenters. The van der Waals surface area contributed by atoms with Crippen molar-refractivity contribution >= 4 is 34.2 Å². The van der Waals surface area contributed by atoms with Gasteiger partial charge in [-0.15, -0.1) is 0 Å². The summed E-state index contributed by atoms with van der Waals surface area (Å²) < 4.78 is 6.07. The maximum absolute atomic E-state index is 11.8. The fourth-order valence-electron chi connectivity index (χ4n) is 1.46. The van der Waals surface area contributed by atoms with Gasteiger partial charge in [0.15, 0.2) is 0 Å². The highest BCUT2D eigenvalue weighted by Gasteiger charge is 2.08. The van der Waals surface area contributed by atoms with E-state index in [9.17, 15) is 4.79 Å². The average molecular weight is 353 g/mol. The molecule has 0 spiro atoms. The zero-order chi connectivity index (χ0) is 13.0. The van der Waals surface area contributed by atoms with Gasteiger partial charge in [0, 0.05) is 9.26 Å². The van der Waals surface area contributed by atoms with E-state index in [4.69, 9.17) is 10.5 Å². The molecule has 0 bridgehead atoms. The molecule has 92 valence electrons. The first-order valence-corrected chi connectivity index (χ1v) is 6.51. The predicted molar refractivity (Wildman–Crippen MR) is 79.1 cm³/mol. The minimum absolute atomic E-state index is 0.278. The van der Waals surface area contributed by atoms with Crippen LogP contribution < -0.4 is 5.73 Å². The predicted octanol–water partition coefficient (Wildman–Crippen LogP) is 3.23. The van der Waals surface area contributed by atoms with Crippen molar-refractivity contribution in [3.05, 3.63) is 63.2 Å². The first-order chi connectivity index (χ1) is 8.66. The first-order valence-electron chi connectivity index (χ1n) is 5.43. The Morgan fingerprint density at radius 2 is 1.89 bits per heavy atom. The molecule has 0 fully saturated rings. The molecule has 0 aliphatic carbocycles. The van der Waals surface area contributed by atoms with Gasteiger partial charge < -0.3 is 10.5 Å². The molecule has 2 rings (SSSR count). The molecule has 0 amide bonds. The monoisotopic (exact) mass is 353 g/mol. The summed E-state index contributed by atoms with van der Waals surface area (Å²) in [6.45, 7) is 0.278. The molecule has 0 heterocycles. The van der Waals surface area contributed by atoms with Gasteiger partial charge in [-0.2, -0.15) is 0 Å². The number of nitrogens with two attached hydrogens (primary N) is 1. The Morgan fingerprint density at radius 3 is 2.56 bits per heavy atom. The number of carbonyl (C=O) groups is 1. The van der Waals surface area contributed by atoms with Crippen molar-refractivity contribution in [3.8, 4) is 0 Å². The maximum Gasteiger partial charge on any atom is 0.338 e. The number of benzene rings is 2. The molecule has 4 heteroatoms. The number of anilines is 1. The van der Waals surface area contributed by atoms with Crippen LogP contribution >= 0.6 is 22.6 Å². The summed E-state index contributed by atoms with van der Waals surface area (Å²) in [6, 6.07) is 14.7. The summed E-state index contributed by atoms with van der Waals surface area (Å²) in [5, 5.41) is 0. The minimum Gasteiger partial charge on any atom is -0.457 e. The van der Waals surface area contributed by atoms with Gasteiger partial charge in [-0.3, -0.25) is 0 Å². The molecule has 18 heavy (non-hydrogen) atoms. The molecule has 2 N–H and O–H groups in total. The fraction of sp³-hybridized carbons (Fsp3) is 0.0714. The van der Waals surface area contributed by atoms with Crippen molar-refractivity contribution in [2.45, 2.75) is 6.61 Å². The van der Waals surface area contributed by atoms with Crippen LogP contribution in [0.2, 0.25) is 0 Å². The molecule has 0 saturated heterocycles. The highest BCUT2D eigenvalue weighted by molar-refractivity contribution is 14.1. The van der Waals surface area contributed by atoms with Crippen LogP contribution in [0.15, 0.2) is 48.5 Å². The summed E-state index contributed by atoms with van der Waals surface area (Å²) in [4.78, 5) is 11.8. The van der Waals surface area contributed by atoms with E-state index < -0.39 is 0 Å². The van der Waals surface area contributed by atoms with E-state index in [0.717, 1.165) is 9.13 Å². The molecule has 0 aromatic heterocycles. The number of hydrogen-bond donors (Lipinski definition) is 1. The third kappa shape index (κ3) is 3.22. The average Bonchev–Trinajstić information content (AvgIpc) is 2.40. The van der Waals surface area contributed by atoms with Crippen molar-refractivity contribution in [3.63, 3.8) is 0 Å². The normalized spacial score (nSPS) is 10.1. The zero-order valence-corrected chi connectivity index (χ0v) is 11.8. The van der Waals surface area contributed by atoms with Gasteiger partial charge in [-0.25, -0.2) is 4.79 Å². The van der Waals surface area contributed by atoms with Crippen LogP contribution in [0.5, 0.6) is 0 Å². The lowest BCUT2D eigenvalue weighted by atomic mass is 10.2. The van der Waals surface area contributed by atoms with Crippen molar-refractivity contribution < 1.29 is 9.53 Å². The third-order valence-corrected chi connectivity index (χ3v) is 3.38. The number of rotatable bonds is 3. The standard InChI is InChI=1S/C14H12INO2/c15-12-8-11(6-7-13(12)16)14(17)18-9-10-4-2-1-3-5-10/h1-8H,9,16H2. The molecule has 0 atom stereocenters. The number of esters is 1.